The Bertz CT molecular complexity index is 793. The number of aryl methyl sites for hydroxylation is 1. The van der Waals surface area contributed by atoms with Crippen LogP contribution >= 0.6 is 11.3 Å². The fourth-order valence-electron chi connectivity index (χ4n) is 2.28. The van der Waals surface area contributed by atoms with E-state index in [1.54, 1.807) is 19.1 Å². The van der Waals surface area contributed by atoms with Gasteiger partial charge < -0.3 is 10.5 Å². The van der Waals surface area contributed by atoms with E-state index in [1.165, 1.54) is 16.2 Å². The first-order chi connectivity index (χ1) is 11.5. The summed E-state index contributed by atoms with van der Waals surface area (Å²) in [6, 6.07) is 3.23. The second-order valence-corrected chi connectivity index (χ2v) is 6.35. The molecule has 1 aliphatic heterocycles. The monoisotopic (exact) mass is 348 g/mol. The Morgan fingerprint density at radius 2 is 2.25 bits per heavy atom. The zero-order valence-corrected chi connectivity index (χ0v) is 14.0. The molecule has 24 heavy (non-hydrogen) atoms. The summed E-state index contributed by atoms with van der Waals surface area (Å²) < 4.78 is 5.62. The molecule has 2 amide bonds. The maximum atomic E-state index is 12.5. The maximum Gasteiger partial charge on any atom is 0.269 e. The van der Waals surface area contributed by atoms with Crippen LogP contribution in [0.15, 0.2) is 12.1 Å². The van der Waals surface area contributed by atoms with Crippen LogP contribution in [0.2, 0.25) is 0 Å². The lowest BCUT2D eigenvalue weighted by atomic mass is 10.2. The predicted octanol–water partition coefficient (Wildman–Crippen LogP) is 0.966. The number of aromatic nitrogens is 3. The molecule has 0 fully saturated rings. The normalized spacial score (nSPS) is 16.5. The molecule has 0 aromatic carbocycles. The number of ether oxygens (including phenoxy) is 1. The number of nitrogens with two attached hydrogens (primary N) is 1. The first kappa shape index (κ1) is 16.1. The first-order valence-electron chi connectivity index (χ1n) is 7.32. The standard InChI is InChI=1S/C14H16N6O3S/c1-3-8-13(22)20(12-9(23-8)4-5-10(15)16-12)6-11(21)17-14-19-18-7(2)24-14/h4-5,8H,3,6H2,1-2H3,(H2,15,16)(H,17,19,21). The number of anilines is 3. The Labute approximate surface area is 141 Å². The quantitative estimate of drug-likeness (QED) is 0.843. The van der Waals surface area contributed by atoms with Crippen LogP contribution < -0.4 is 20.7 Å². The smallest absolute Gasteiger partial charge is 0.269 e. The highest BCUT2D eigenvalue weighted by atomic mass is 32.1. The highest BCUT2D eigenvalue weighted by Gasteiger charge is 2.35. The topological polar surface area (TPSA) is 123 Å². The van der Waals surface area contributed by atoms with Gasteiger partial charge in [0.05, 0.1) is 0 Å². The van der Waals surface area contributed by atoms with Gasteiger partial charge in [-0.15, -0.1) is 10.2 Å². The van der Waals surface area contributed by atoms with Gasteiger partial charge in [-0.25, -0.2) is 4.98 Å². The molecule has 126 valence electrons. The molecule has 0 spiro atoms. The molecule has 0 saturated heterocycles. The van der Waals surface area contributed by atoms with Crippen molar-refractivity contribution in [2.24, 2.45) is 0 Å². The van der Waals surface area contributed by atoms with E-state index in [1.807, 2.05) is 6.92 Å². The van der Waals surface area contributed by atoms with Gasteiger partial charge in [0.2, 0.25) is 11.0 Å². The van der Waals surface area contributed by atoms with Crippen LogP contribution in [0.5, 0.6) is 5.75 Å². The van der Waals surface area contributed by atoms with Gasteiger partial charge in [0.1, 0.15) is 17.4 Å². The third-order valence-corrected chi connectivity index (χ3v) is 4.13. The molecule has 2 aromatic rings. The van der Waals surface area contributed by atoms with Crippen molar-refractivity contribution >= 4 is 39.9 Å². The summed E-state index contributed by atoms with van der Waals surface area (Å²) in [6.45, 7) is 3.41. The second-order valence-electron chi connectivity index (χ2n) is 5.17. The SMILES string of the molecule is CCC1Oc2ccc(N)nc2N(CC(=O)Nc2nnc(C)s2)C1=O. The average molecular weight is 348 g/mol. The van der Waals surface area contributed by atoms with Crippen molar-refractivity contribution < 1.29 is 14.3 Å². The van der Waals surface area contributed by atoms with Crippen molar-refractivity contribution in [3.8, 4) is 5.75 Å². The van der Waals surface area contributed by atoms with Gasteiger partial charge in [-0.1, -0.05) is 18.3 Å². The van der Waals surface area contributed by atoms with Gasteiger partial charge in [-0.05, 0) is 25.5 Å². The van der Waals surface area contributed by atoms with Crippen molar-refractivity contribution in [3.63, 3.8) is 0 Å². The largest absolute Gasteiger partial charge is 0.477 e. The van der Waals surface area contributed by atoms with E-state index in [0.29, 0.717) is 17.3 Å². The zero-order valence-electron chi connectivity index (χ0n) is 13.1. The Morgan fingerprint density at radius 1 is 1.46 bits per heavy atom. The summed E-state index contributed by atoms with van der Waals surface area (Å²) >= 11 is 1.25. The molecule has 9 nitrogen and oxygen atoms in total. The minimum Gasteiger partial charge on any atom is -0.477 e. The van der Waals surface area contributed by atoms with E-state index in [4.69, 9.17) is 10.5 Å². The lowest BCUT2D eigenvalue weighted by Gasteiger charge is -2.32. The summed E-state index contributed by atoms with van der Waals surface area (Å²) in [7, 11) is 0. The first-order valence-corrected chi connectivity index (χ1v) is 8.14. The number of nitrogen functional groups attached to an aromatic ring is 1. The zero-order chi connectivity index (χ0) is 17.3. The number of carbonyl (C=O) groups is 2. The molecule has 3 rings (SSSR count). The van der Waals surface area contributed by atoms with Gasteiger partial charge in [-0.2, -0.15) is 0 Å². The number of nitrogens with one attached hydrogen (secondary N) is 1. The second kappa shape index (κ2) is 6.40. The number of pyridine rings is 1. The maximum absolute atomic E-state index is 12.5. The molecular formula is C14H16N6O3S. The van der Waals surface area contributed by atoms with Crippen molar-refractivity contribution in [2.75, 3.05) is 22.5 Å². The van der Waals surface area contributed by atoms with Crippen molar-refractivity contribution in [2.45, 2.75) is 26.4 Å². The molecule has 10 heteroatoms. The number of hydrogen-bond donors (Lipinski definition) is 2. The van der Waals surface area contributed by atoms with Crippen LogP contribution in [0, 0.1) is 6.92 Å². The van der Waals surface area contributed by atoms with Crippen LogP contribution in [0.4, 0.5) is 16.8 Å². The molecule has 0 aliphatic carbocycles. The molecular weight excluding hydrogens is 332 g/mol. The van der Waals surface area contributed by atoms with Gasteiger partial charge in [0.25, 0.3) is 5.91 Å². The minimum atomic E-state index is -0.653. The van der Waals surface area contributed by atoms with Crippen LogP contribution in [-0.4, -0.2) is 39.6 Å². The molecule has 0 bridgehead atoms. The van der Waals surface area contributed by atoms with Gasteiger partial charge >= 0.3 is 0 Å². The summed E-state index contributed by atoms with van der Waals surface area (Å²) in [5.41, 5.74) is 5.69. The van der Waals surface area contributed by atoms with Crippen LogP contribution in [0.25, 0.3) is 0 Å². The molecule has 2 aromatic heterocycles. The number of nitrogens with zero attached hydrogens (tertiary/aromatic N) is 4. The Morgan fingerprint density at radius 3 is 2.92 bits per heavy atom. The van der Waals surface area contributed by atoms with E-state index in [-0.39, 0.29) is 24.1 Å². The van der Waals surface area contributed by atoms with Crippen LogP contribution in [-0.2, 0) is 9.59 Å². The molecule has 0 saturated carbocycles. The Kier molecular flexibility index (Phi) is 4.30. The molecule has 0 radical (unpaired) electrons. The van der Waals surface area contributed by atoms with Gasteiger partial charge in [0.15, 0.2) is 17.7 Å². The number of hydrogen-bond acceptors (Lipinski definition) is 8. The highest BCUT2D eigenvalue weighted by Crippen LogP contribution is 2.33. The fourth-order valence-corrected chi connectivity index (χ4v) is 2.89. The number of fused-ring (bicyclic) bond motifs is 1. The third-order valence-electron chi connectivity index (χ3n) is 3.37. The molecule has 3 heterocycles. The number of amides is 2. The van der Waals surface area contributed by atoms with Crippen LogP contribution in [0.3, 0.4) is 0 Å². The van der Waals surface area contributed by atoms with E-state index in [2.05, 4.69) is 20.5 Å². The number of carbonyl (C=O) groups excluding carboxylic acids is 2. The minimum absolute atomic E-state index is 0.208. The molecule has 1 atom stereocenters. The number of rotatable bonds is 4. The van der Waals surface area contributed by atoms with Gasteiger partial charge in [-0.3, -0.25) is 19.8 Å². The summed E-state index contributed by atoms with van der Waals surface area (Å²) in [4.78, 5) is 30.2. The van der Waals surface area contributed by atoms with E-state index in [0.717, 1.165) is 5.01 Å². The van der Waals surface area contributed by atoms with Gasteiger partial charge in [0, 0.05) is 0 Å². The van der Waals surface area contributed by atoms with Crippen molar-refractivity contribution in [1.29, 1.82) is 0 Å². The Balaban J connectivity index is 1.83. The van der Waals surface area contributed by atoms with Crippen molar-refractivity contribution in [1.82, 2.24) is 15.2 Å². The van der Waals surface area contributed by atoms with E-state index in [9.17, 15) is 9.59 Å². The highest BCUT2D eigenvalue weighted by molar-refractivity contribution is 7.15. The van der Waals surface area contributed by atoms with E-state index >= 15 is 0 Å². The predicted molar refractivity (Wildman–Crippen MR) is 89.0 cm³/mol. The van der Waals surface area contributed by atoms with Crippen LogP contribution in [0.1, 0.15) is 18.4 Å². The van der Waals surface area contributed by atoms with Crippen molar-refractivity contribution in [3.05, 3.63) is 17.1 Å². The fraction of sp³-hybridized carbons (Fsp3) is 0.357. The molecule has 1 aliphatic rings. The van der Waals surface area contributed by atoms with E-state index < -0.39 is 12.0 Å². The third kappa shape index (κ3) is 3.13. The summed E-state index contributed by atoms with van der Waals surface area (Å²) in [6.07, 6.45) is -0.171. The molecule has 3 N–H and O–H groups in total. The average Bonchev–Trinajstić information content (AvgIpc) is 2.95. The molecule has 1 unspecified atom stereocenters. The lowest BCUT2D eigenvalue weighted by molar-refractivity contribution is -0.128. The Hall–Kier alpha value is -2.75. The summed E-state index contributed by atoms with van der Waals surface area (Å²) in [5, 5.41) is 11.4. The lowest BCUT2D eigenvalue weighted by Crippen LogP contribution is -2.49. The summed E-state index contributed by atoms with van der Waals surface area (Å²) in [5.74, 6) is 0.187.